The number of aliphatic hydroxyl groups excluding tert-OH is 1. The van der Waals surface area contributed by atoms with E-state index in [1.165, 1.54) is 12.1 Å². The van der Waals surface area contributed by atoms with Gasteiger partial charge in [-0.1, -0.05) is 12.1 Å². The number of hydrogen-bond acceptors (Lipinski definition) is 3. The molecule has 0 saturated heterocycles. The van der Waals surface area contributed by atoms with Crippen molar-refractivity contribution in [3.63, 3.8) is 0 Å². The van der Waals surface area contributed by atoms with Crippen LogP contribution in [0.3, 0.4) is 0 Å². The molecule has 0 aliphatic rings. The van der Waals surface area contributed by atoms with Crippen LogP contribution in [-0.4, -0.2) is 18.3 Å². The Hall–Kier alpha value is -2.14. The predicted octanol–water partition coefficient (Wildman–Crippen LogP) is 3.48. The fraction of sp³-hybridized carbons (Fsp3) is 0.250. The molecule has 0 spiro atoms. The van der Waals surface area contributed by atoms with Crippen LogP contribution in [0, 0.1) is 11.6 Å². The minimum atomic E-state index is -1.24. The highest BCUT2D eigenvalue weighted by atomic mass is 19.2. The molecule has 1 N–H and O–H groups in total. The second-order valence-electron chi connectivity index (χ2n) is 4.37. The molecule has 0 fully saturated rings. The standard InChI is InChI=1S/C16H16F2O3/c1-2-20-11-6-8-12(9-7-11)21-10-15(19)13-4-3-5-14(17)16(13)18/h3-9,15,19H,2,10H2,1H3. The van der Waals surface area contributed by atoms with Gasteiger partial charge in [0.25, 0.3) is 0 Å². The molecular weight excluding hydrogens is 278 g/mol. The van der Waals surface area contributed by atoms with Crippen LogP contribution in [0.4, 0.5) is 8.78 Å². The Morgan fingerprint density at radius 2 is 1.62 bits per heavy atom. The molecule has 0 radical (unpaired) electrons. The van der Waals surface area contributed by atoms with Crippen molar-refractivity contribution in [3.8, 4) is 11.5 Å². The van der Waals surface area contributed by atoms with Crippen LogP contribution >= 0.6 is 0 Å². The average Bonchev–Trinajstić information content (AvgIpc) is 2.49. The summed E-state index contributed by atoms with van der Waals surface area (Å²) in [6.45, 7) is 2.28. The topological polar surface area (TPSA) is 38.7 Å². The molecule has 0 amide bonds. The summed E-state index contributed by atoms with van der Waals surface area (Å²) in [6, 6.07) is 10.5. The number of ether oxygens (including phenoxy) is 2. The quantitative estimate of drug-likeness (QED) is 0.886. The molecule has 1 unspecified atom stereocenters. The normalized spacial score (nSPS) is 12.0. The van der Waals surface area contributed by atoms with Gasteiger partial charge in [-0.3, -0.25) is 0 Å². The van der Waals surface area contributed by atoms with Crippen LogP contribution in [0.1, 0.15) is 18.6 Å². The van der Waals surface area contributed by atoms with E-state index in [1.807, 2.05) is 6.92 Å². The second kappa shape index (κ2) is 7.04. The van der Waals surface area contributed by atoms with Gasteiger partial charge >= 0.3 is 0 Å². The fourth-order valence-electron chi connectivity index (χ4n) is 1.84. The fourth-order valence-corrected chi connectivity index (χ4v) is 1.84. The van der Waals surface area contributed by atoms with Gasteiger partial charge in [0, 0.05) is 5.56 Å². The van der Waals surface area contributed by atoms with Gasteiger partial charge < -0.3 is 14.6 Å². The van der Waals surface area contributed by atoms with Crippen molar-refractivity contribution in [1.29, 1.82) is 0 Å². The summed E-state index contributed by atoms with van der Waals surface area (Å²) in [7, 11) is 0. The van der Waals surface area contributed by atoms with E-state index in [1.54, 1.807) is 24.3 Å². The molecule has 1 atom stereocenters. The number of halogens is 2. The van der Waals surface area contributed by atoms with E-state index in [4.69, 9.17) is 9.47 Å². The van der Waals surface area contributed by atoms with Crippen molar-refractivity contribution in [2.24, 2.45) is 0 Å². The molecule has 112 valence electrons. The summed E-state index contributed by atoms with van der Waals surface area (Å²) in [4.78, 5) is 0. The van der Waals surface area contributed by atoms with Crippen molar-refractivity contribution in [2.75, 3.05) is 13.2 Å². The molecular formula is C16H16F2O3. The Bertz CT molecular complexity index is 585. The van der Waals surface area contributed by atoms with E-state index in [2.05, 4.69) is 0 Å². The molecule has 21 heavy (non-hydrogen) atoms. The Morgan fingerprint density at radius 3 is 2.24 bits per heavy atom. The molecule has 0 saturated carbocycles. The number of aliphatic hydroxyl groups is 1. The molecule has 2 rings (SSSR count). The zero-order valence-electron chi connectivity index (χ0n) is 11.6. The predicted molar refractivity (Wildman–Crippen MR) is 74.4 cm³/mol. The first kappa shape index (κ1) is 15.3. The number of rotatable bonds is 6. The van der Waals surface area contributed by atoms with Gasteiger partial charge in [0.1, 0.15) is 24.2 Å². The second-order valence-corrected chi connectivity index (χ2v) is 4.37. The van der Waals surface area contributed by atoms with Gasteiger partial charge in [-0.2, -0.15) is 0 Å². The third-order valence-electron chi connectivity index (χ3n) is 2.88. The maximum absolute atomic E-state index is 13.5. The average molecular weight is 294 g/mol. The van der Waals surface area contributed by atoms with Crippen molar-refractivity contribution in [2.45, 2.75) is 13.0 Å². The minimum absolute atomic E-state index is 0.124. The first-order valence-corrected chi connectivity index (χ1v) is 6.59. The van der Waals surface area contributed by atoms with Crippen LogP contribution in [0.15, 0.2) is 42.5 Å². The lowest BCUT2D eigenvalue weighted by atomic mass is 10.1. The van der Waals surface area contributed by atoms with E-state index in [0.29, 0.717) is 18.1 Å². The van der Waals surface area contributed by atoms with Crippen LogP contribution in [0.5, 0.6) is 11.5 Å². The summed E-state index contributed by atoms with van der Waals surface area (Å²) >= 11 is 0. The third-order valence-corrected chi connectivity index (χ3v) is 2.88. The van der Waals surface area contributed by atoms with Crippen molar-refractivity contribution >= 4 is 0 Å². The lowest BCUT2D eigenvalue weighted by Gasteiger charge is -2.14. The molecule has 0 heterocycles. The highest BCUT2D eigenvalue weighted by Gasteiger charge is 2.16. The van der Waals surface area contributed by atoms with Gasteiger partial charge in [0.2, 0.25) is 0 Å². The summed E-state index contributed by atoms with van der Waals surface area (Å²) in [5.74, 6) is -0.830. The van der Waals surface area contributed by atoms with Gasteiger partial charge in [-0.05, 0) is 37.3 Å². The van der Waals surface area contributed by atoms with Gasteiger partial charge in [0.15, 0.2) is 11.6 Å². The molecule has 0 aliphatic carbocycles. The first-order chi connectivity index (χ1) is 10.1. The van der Waals surface area contributed by atoms with E-state index in [9.17, 15) is 13.9 Å². The maximum atomic E-state index is 13.5. The SMILES string of the molecule is CCOc1ccc(OCC(O)c2cccc(F)c2F)cc1. The number of benzene rings is 2. The lowest BCUT2D eigenvalue weighted by Crippen LogP contribution is -2.12. The number of hydrogen-bond donors (Lipinski definition) is 1. The molecule has 5 heteroatoms. The van der Waals surface area contributed by atoms with Gasteiger partial charge in [-0.25, -0.2) is 8.78 Å². The van der Waals surface area contributed by atoms with Crippen molar-refractivity contribution in [3.05, 3.63) is 59.7 Å². The van der Waals surface area contributed by atoms with Crippen LogP contribution in [0.2, 0.25) is 0 Å². The van der Waals surface area contributed by atoms with Crippen LogP contribution < -0.4 is 9.47 Å². The van der Waals surface area contributed by atoms with Crippen LogP contribution in [-0.2, 0) is 0 Å². The lowest BCUT2D eigenvalue weighted by molar-refractivity contribution is 0.104. The highest BCUT2D eigenvalue weighted by Crippen LogP contribution is 2.22. The third kappa shape index (κ3) is 3.92. The van der Waals surface area contributed by atoms with Crippen molar-refractivity contribution in [1.82, 2.24) is 0 Å². The summed E-state index contributed by atoms with van der Waals surface area (Å²) < 4.78 is 37.2. The first-order valence-electron chi connectivity index (χ1n) is 6.59. The van der Waals surface area contributed by atoms with Crippen molar-refractivity contribution < 1.29 is 23.4 Å². The largest absolute Gasteiger partial charge is 0.494 e. The van der Waals surface area contributed by atoms with E-state index in [-0.39, 0.29) is 12.2 Å². The smallest absolute Gasteiger partial charge is 0.164 e. The Balaban J connectivity index is 1.97. The zero-order valence-corrected chi connectivity index (χ0v) is 11.6. The minimum Gasteiger partial charge on any atom is -0.494 e. The summed E-state index contributed by atoms with van der Waals surface area (Å²) in [5.41, 5.74) is -0.124. The summed E-state index contributed by atoms with van der Waals surface area (Å²) in [5, 5.41) is 9.87. The molecule has 2 aromatic rings. The van der Waals surface area contributed by atoms with Crippen LogP contribution in [0.25, 0.3) is 0 Å². The van der Waals surface area contributed by atoms with E-state index < -0.39 is 17.7 Å². The maximum Gasteiger partial charge on any atom is 0.164 e. The Labute approximate surface area is 121 Å². The Kier molecular flexibility index (Phi) is 5.11. The Morgan fingerprint density at radius 1 is 1.00 bits per heavy atom. The molecule has 0 aromatic heterocycles. The molecule has 0 aliphatic heterocycles. The van der Waals surface area contributed by atoms with E-state index >= 15 is 0 Å². The molecule has 3 nitrogen and oxygen atoms in total. The zero-order chi connectivity index (χ0) is 15.2. The monoisotopic (exact) mass is 294 g/mol. The molecule has 0 bridgehead atoms. The summed E-state index contributed by atoms with van der Waals surface area (Å²) in [6.07, 6.45) is -1.24. The van der Waals surface area contributed by atoms with Gasteiger partial charge in [0.05, 0.1) is 6.61 Å². The van der Waals surface area contributed by atoms with E-state index in [0.717, 1.165) is 6.07 Å². The molecule has 2 aromatic carbocycles. The van der Waals surface area contributed by atoms with Gasteiger partial charge in [-0.15, -0.1) is 0 Å². The highest BCUT2D eigenvalue weighted by molar-refractivity contribution is 5.31.